The van der Waals surface area contributed by atoms with Crippen molar-refractivity contribution in [2.24, 2.45) is 0 Å². The van der Waals surface area contributed by atoms with Crippen LogP contribution < -0.4 is 0 Å². The summed E-state index contributed by atoms with van der Waals surface area (Å²) in [7, 11) is 0. The zero-order chi connectivity index (χ0) is 13.7. The van der Waals surface area contributed by atoms with E-state index in [9.17, 15) is 19.2 Å². The van der Waals surface area contributed by atoms with Gasteiger partial charge in [-0.15, -0.1) is 0 Å². The van der Waals surface area contributed by atoms with Crippen molar-refractivity contribution in [3.8, 4) is 0 Å². The average molecular weight is 334 g/mol. The first-order chi connectivity index (χ1) is 8.41. The molecule has 0 aliphatic rings. The fourth-order valence-corrected chi connectivity index (χ4v) is 1.11. The molecule has 98 valence electrons. The molecule has 0 radical (unpaired) electrons. The van der Waals surface area contributed by atoms with Gasteiger partial charge in [0.15, 0.2) is 0 Å². The van der Waals surface area contributed by atoms with Crippen LogP contribution in [0.1, 0.15) is 20.7 Å². The van der Waals surface area contributed by atoms with E-state index in [1.807, 2.05) is 0 Å². The third-order valence-corrected chi connectivity index (χ3v) is 1.73. The van der Waals surface area contributed by atoms with Crippen molar-refractivity contribution >= 4 is 127 Å². The molecule has 2 N–H and O–H groups in total. The molecule has 0 fully saturated rings. The molecule has 0 spiro atoms. The minimum absolute atomic E-state index is 0. The van der Waals surface area contributed by atoms with Crippen LogP contribution in [0.25, 0.3) is 0 Å². The first-order valence-corrected chi connectivity index (χ1v) is 4.41. The Bertz CT molecular complexity index is 481. The molecule has 20 heavy (non-hydrogen) atoms. The Hall–Kier alpha value is 0.373. The van der Waals surface area contributed by atoms with Crippen molar-refractivity contribution < 1.29 is 38.9 Å². The molecule has 10 heteroatoms. The summed E-state index contributed by atoms with van der Waals surface area (Å²) in [6.07, 6.45) is -3.69. The Balaban J connectivity index is 0. The number of rotatable bonds is 2. The molecule has 0 amide bonds. The number of hydrogen-bond donors (Lipinski definition) is 2. The third-order valence-electron chi connectivity index (χ3n) is 1.73. The zero-order valence-corrected chi connectivity index (χ0v) is 8.65. The first kappa shape index (κ1) is 22.7. The van der Waals surface area contributed by atoms with Crippen molar-refractivity contribution in [3.05, 3.63) is 35.4 Å². The third kappa shape index (κ3) is 7.40. The quantitative estimate of drug-likeness (QED) is 0.441. The molecule has 0 unspecified atom stereocenters. The molecule has 0 saturated carbocycles. The molecule has 1 aromatic rings. The molecule has 8 nitrogen and oxygen atoms in total. The number of carbonyl (C=O) groups is 4. The monoisotopic (exact) mass is 334 g/mol. The molecule has 1 aromatic carbocycles. The fraction of sp³-hybridized carbons (Fsp3) is 0. The normalized spacial score (nSPS) is 8.40. The number of hydrogen-bond acceptors (Lipinski definition) is 6. The number of benzene rings is 1. The molecular formula is C10H8K2O8. The summed E-state index contributed by atoms with van der Waals surface area (Å²) in [5, 5.41) is 16.5. The van der Waals surface area contributed by atoms with E-state index < -0.39 is 35.4 Å². The van der Waals surface area contributed by atoms with E-state index in [4.69, 9.17) is 10.2 Å². The minimum atomic E-state index is -1.85. The molecule has 0 bridgehead atoms. The van der Waals surface area contributed by atoms with Crippen molar-refractivity contribution in [2.75, 3.05) is 0 Å². The van der Waals surface area contributed by atoms with E-state index in [-0.39, 0.29) is 103 Å². The fourth-order valence-electron chi connectivity index (χ4n) is 1.11. The summed E-state index contributed by atoms with van der Waals surface area (Å²) < 4.78 is 7.71. The van der Waals surface area contributed by atoms with E-state index in [1.54, 1.807) is 0 Å². The maximum absolute atomic E-state index is 11.3. The summed E-state index contributed by atoms with van der Waals surface area (Å²) in [4.78, 5) is 43.0. The SMILES string of the molecule is O=C(O)OC(=O)c1ccccc1C(=O)OC(=O)O.[KH].[KH]. The summed E-state index contributed by atoms with van der Waals surface area (Å²) in [5.74, 6) is -2.61. The molecule has 0 aromatic heterocycles. The molecule has 0 saturated heterocycles. The molecule has 0 aliphatic heterocycles. The van der Waals surface area contributed by atoms with Gasteiger partial charge in [-0.2, -0.15) is 0 Å². The van der Waals surface area contributed by atoms with Crippen molar-refractivity contribution in [2.45, 2.75) is 0 Å². The van der Waals surface area contributed by atoms with Gasteiger partial charge in [0.2, 0.25) is 0 Å². The van der Waals surface area contributed by atoms with Crippen molar-refractivity contribution in [3.63, 3.8) is 0 Å². The van der Waals surface area contributed by atoms with Gasteiger partial charge in [0.1, 0.15) is 0 Å². The number of carbonyl (C=O) groups excluding carboxylic acids is 2. The standard InChI is InChI=1S/C10H6O8.2K.2H/c11-7(17-9(13)14)5-3-1-2-4-6(5)8(12)18-10(15)16;;;;/h1-4H,(H,13,14)(H,15,16);;;;. The summed E-state index contributed by atoms with van der Waals surface area (Å²) in [6.45, 7) is 0. The van der Waals surface area contributed by atoms with Gasteiger partial charge in [-0.25, -0.2) is 19.2 Å². The molecular weight excluding hydrogens is 326 g/mol. The van der Waals surface area contributed by atoms with Gasteiger partial charge in [0.05, 0.1) is 11.1 Å². The van der Waals surface area contributed by atoms with E-state index in [0.29, 0.717) is 0 Å². The van der Waals surface area contributed by atoms with Gasteiger partial charge < -0.3 is 19.7 Å². The van der Waals surface area contributed by atoms with Crippen LogP contribution in [0.3, 0.4) is 0 Å². The van der Waals surface area contributed by atoms with Crippen LogP contribution in [-0.4, -0.2) is 137 Å². The van der Waals surface area contributed by atoms with Crippen LogP contribution in [0.5, 0.6) is 0 Å². The Morgan fingerprint density at radius 3 is 1.30 bits per heavy atom. The predicted molar refractivity (Wildman–Crippen MR) is 67.6 cm³/mol. The number of ether oxygens (including phenoxy) is 2. The van der Waals surface area contributed by atoms with Gasteiger partial charge >= 0.3 is 127 Å². The van der Waals surface area contributed by atoms with Gasteiger partial charge in [0.25, 0.3) is 0 Å². The van der Waals surface area contributed by atoms with E-state index in [0.717, 1.165) is 12.1 Å². The first-order valence-electron chi connectivity index (χ1n) is 4.41. The maximum atomic E-state index is 11.3. The summed E-state index contributed by atoms with van der Waals surface area (Å²) in [6, 6.07) is 4.89. The van der Waals surface area contributed by atoms with Gasteiger partial charge in [-0.05, 0) is 12.1 Å². The van der Waals surface area contributed by atoms with E-state index in [2.05, 4.69) is 9.47 Å². The molecule has 1 rings (SSSR count). The van der Waals surface area contributed by atoms with E-state index in [1.165, 1.54) is 12.1 Å². The van der Waals surface area contributed by atoms with Crippen LogP contribution in [0.2, 0.25) is 0 Å². The van der Waals surface area contributed by atoms with Crippen LogP contribution in [0.4, 0.5) is 9.59 Å². The second-order valence-corrected chi connectivity index (χ2v) is 2.86. The van der Waals surface area contributed by atoms with Crippen molar-refractivity contribution in [1.82, 2.24) is 0 Å². The van der Waals surface area contributed by atoms with Gasteiger partial charge in [0, 0.05) is 0 Å². The molecule has 0 atom stereocenters. The van der Waals surface area contributed by atoms with Crippen molar-refractivity contribution in [1.29, 1.82) is 0 Å². The Labute approximate surface area is 197 Å². The van der Waals surface area contributed by atoms with Crippen LogP contribution in [0, 0.1) is 0 Å². The Morgan fingerprint density at radius 1 is 0.750 bits per heavy atom. The Kier molecular flexibility index (Phi) is 12.5. The number of carboxylic acid groups (broad SMARTS) is 2. The predicted octanol–water partition coefficient (Wildman–Crippen LogP) is 0.0592. The second kappa shape index (κ2) is 11.0. The van der Waals surface area contributed by atoms with Gasteiger partial charge in [-0.1, -0.05) is 12.1 Å². The average Bonchev–Trinajstić information content (AvgIpc) is 2.27. The van der Waals surface area contributed by atoms with Crippen LogP contribution in [-0.2, 0) is 9.47 Å². The number of esters is 2. The second-order valence-electron chi connectivity index (χ2n) is 2.86. The summed E-state index contributed by atoms with van der Waals surface area (Å²) in [5.41, 5.74) is -0.822. The van der Waals surface area contributed by atoms with Crippen LogP contribution in [0.15, 0.2) is 24.3 Å². The zero-order valence-electron chi connectivity index (χ0n) is 8.65. The Morgan fingerprint density at radius 2 is 1.05 bits per heavy atom. The molecule has 0 aliphatic carbocycles. The van der Waals surface area contributed by atoms with E-state index >= 15 is 0 Å². The molecule has 0 heterocycles. The van der Waals surface area contributed by atoms with Crippen LogP contribution >= 0.6 is 0 Å². The summed E-state index contributed by atoms with van der Waals surface area (Å²) >= 11 is 0. The topological polar surface area (TPSA) is 127 Å². The van der Waals surface area contributed by atoms with Gasteiger partial charge in [-0.3, -0.25) is 0 Å².